The Morgan fingerprint density at radius 3 is 2.45 bits per heavy atom. The van der Waals surface area contributed by atoms with Gasteiger partial charge in [-0.05, 0) is 45.9 Å². The Morgan fingerprint density at radius 2 is 1.68 bits per heavy atom. The van der Waals surface area contributed by atoms with Gasteiger partial charge in [-0.2, -0.15) is 0 Å². The number of ether oxygens (including phenoxy) is 1. The fourth-order valence-electron chi connectivity index (χ4n) is 3.95. The first-order chi connectivity index (χ1) is 15.0. The number of carboxylic acid groups (broad SMARTS) is 1. The van der Waals surface area contributed by atoms with Crippen molar-refractivity contribution in [2.45, 2.75) is 26.0 Å². The summed E-state index contributed by atoms with van der Waals surface area (Å²) in [6.45, 7) is 0.732. The van der Waals surface area contributed by atoms with E-state index in [0.717, 1.165) is 16.7 Å². The van der Waals surface area contributed by atoms with Crippen molar-refractivity contribution in [3.05, 3.63) is 94.8 Å². The molecule has 1 aliphatic rings. The highest BCUT2D eigenvalue weighted by molar-refractivity contribution is 5.79. The molecule has 5 nitrogen and oxygen atoms in total. The fraction of sp³-hybridized carbons (Fsp3) is 0.200. The first-order valence-electron chi connectivity index (χ1n) is 10.1. The van der Waals surface area contributed by atoms with Crippen LogP contribution in [0.25, 0.3) is 11.1 Å². The molecule has 1 amide bonds. The highest BCUT2D eigenvalue weighted by Gasteiger charge is 2.27. The maximum absolute atomic E-state index is 14.5. The SMILES string of the molecule is O=C(O)Cc1ccccc1-c1ccc(F)c2c1CN(C(=O)OCc1ccccc1)CC2. The number of hydrogen-bond acceptors (Lipinski definition) is 3. The lowest BCUT2D eigenvalue weighted by atomic mass is 9.88. The molecule has 1 N–H and O–H groups in total. The lowest BCUT2D eigenvalue weighted by molar-refractivity contribution is -0.136. The summed E-state index contributed by atoms with van der Waals surface area (Å²) in [6, 6.07) is 19.7. The molecule has 1 aliphatic heterocycles. The summed E-state index contributed by atoms with van der Waals surface area (Å²) in [6.07, 6.45) is -0.217. The third-order valence-corrected chi connectivity index (χ3v) is 5.47. The van der Waals surface area contributed by atoms with Crippen molar-refractivity contribution in [1.29, 1.82) is 0 Å². The van der Waals surface area contributed by atoms with E-state index in [1.54, 1.807) is 23.1 Å². The van der Waals surface area contributed by atoms with Gasteiger partial charge in [0.2, 0.25) is 0 Å². The van der Waals surface area contributed by atoms with Crippen LogP contribution in [0.3, 0.4) is 0 Å². The summed E-state index contributed by atoms with van der Waals surface area (Å²) in [7, 11) is 0. The third-order valence-electron chi connectivity index (χ3n) is 5.47. The van der Waals surface area contributed by atoms with E-state index in [-0.39, 0.29) is 25.4 Å². The predicted octanol–water partition coefficient (Wildman–Crippen LogP) is 4.81. The van der Waals surface area contributed by atoms with Crippen LogP contribution >= 0.6 is 0 Å². The Bertz CT molecular complexity index is 1110. The molecule has 31 heavy (non-hydrogen) atoms. The number of nitrogens with zero attached hydrogens (tertiary/aromatic N) is 1. The number of carboxylic acids is 1. The van der Waals surface area contributed by atoms with Crippen molar-refractivity contribution in [1.82, 2.24) is 4.90 Å². The first kappa shape index (κ1) is 20.6. The maximum Gasteiger partial charge on any atom is 0.410 e. The van der Waals surface area contributed by atoms with Crippen molar-refractivity contribution in [2.75, 3.05) is 6.54 Å². The molecule has 0 radical (unpaired) electrons. The summed E-state index contributed by atoms with van der Waals surface area (Å²) in [5.41, 5.74) is 4.28. The molecule has 0 bridgehead atoms. The van der Waals surface area contributed by atoms with Gasteiger partial charge in [-0.15, -0.1) is 0 Å². The van der Waals surface area contributed by atoms with Gasteiger partial charge in [0.15, 0.2) is 0 Å². The summed E-state index contributed by atoms with van der Waals surface area (Å²) in [5.74, 6) is -1.25. The molecule has 0 saturated carbocycles. The smallest absolute Gasteiger partial charge is 0.410 e. The zero-order valence-electron chi connectivity index (χ0n) is 16.9. The zero-order chi connectivity index (χ0) is 21.8. The average Bonchev–Trinajstić information content (AvgIpc) is 2.78. The van der Waals surface area contributed by atoms with E-state index < -0.39 is 12.1 Å². The molecule has 3 aromatic rings. The van der Waals surface area contributed by atoms with Crippen LogP contribution in [-0.2, 0) is 35.5 Å². The molecule has 4 rings (SSSR count). The van der Waals surface area contributed by atoms with Crippen LogP contribution in [0.4, 0.5) is 9.18 Å². The molecule has 0 unspecified atom stereocenters. The quantitative estimate of drug-likeness (QED) is 0.644. The molecule has 0 aliphatic carbocycles. The van der Waals surface area contributed by atoms with Gasteiger partial charge in [-0.25, -0.2) is 9.18 Å². The maximum atomic E-state index is 14.5. The zero-order valence-corrected chi connectivity index (χ0v) is 16.9. The predicted molar refractivity (Wildman–Crippen MR) is 114 cm³/mol. The van der Waals surface area contributed by atoms with Crippen molar-refractivity contribution in [2.24, 2.45) is 0 Å². The largest absolute Gasteiger partial charge is 0.481 e. The monoisotopic (exact) mass is 419 g/mol. The summed E-state index contributed by atoms with van der Waals surface area (Å²) in [4.78, 5) is 25.5. The number of carbonyl (C=O) groups is 2. The molecule has 6 heteroatoms. The van der Waals surface area contributed by atoms with Gasteiger partial charge < -0.3 is 14.7 Å². The highest BCUT2D eigenvalue weighted by atomic mass is 19.1. The van der Waals surface area contributed by atoms with Crippen molar-refractivity contribution in [3.63, 3.8) is 0 Å². The minimum absolute atomic E-state index is 0.134. The number of rotatable bonds is 5. The fourth-order valence-corrected chi connectivity index (χ4v) is 3.95. The van der Waals surface area contributed by atoms with E-state index in [9.17, 15) is 19.1 Å². The number of halogens is 1. The summed E-state index contributed by atoms with van der Waals surface area (Å²) in [5, 5.41) is 9.26. The summed E-state index contributed by atoms with van der Waals surface area (Å²) >= 11 is 0. The van der Waals surface area contributed by atoms with Crippen LogP contribution in [0.1, 0.15) is 22.3 Å². The van der Waals surface area contributed by atoms with Crippen LogP contribution in [0, 0.1) is 5.82 Å². The van der Waals surface area contributed by atoms with Gasteiger partial charge in [0.25, 0.3) is 0 Å². The molecule has 1 heterocycles. The van der Waals surface area contributed by atoms with E-state index in [1.807, 2.05) is 42.5 Å². The number of carbonyl (C=O) groups excluding carboxylic acids is 1. The van der Waals surface area contributed by atoms with Crippen molar-refractivity contribution in [3.8, 4) is 11.1 Å². The van der Waals surface area contributed by atoms with Crippen LogP contribution in [-0.4, -0.2) is 28.6 Å². The molecule has 0 fully saturated rings. The number of aliphatic carboxylic acids is 1. The standard InChI is InChI=1S/C25H22FNO4/c26-23-11-10-20(19-9-5-4-8-18(19)14-24(28)29)22-15-27(13-12-21(22)23)25(30)31-16-17-6-2-1-3-7-17/h1-11H,12-16H2,(H,28,29). The average molecular weight is 419 g/mol. The van der Waals surface area contributed by atoms with Gasteiger partial charge in [0, 0.05) is 13.1 Å². The van der Waals surface area contributed by atoms with Crippen LogP contribution in [0.15, 0.2) is 66.7 Å². The van der Waals surface area contributed by atoms with Gasteiger partial charge in [-0.3, -0.25) is 4.79 Å². The number of fused-ring (bicyclic) bond motifs is 1. The van der Waals surface area contributed by atoms with Crippen LogP contribution in [0.2, 0.25) is 0 Å². The Labute approximate surface area is 179 Å². The second kappa shape index (κ2) is 9.00. The van der Waals surface area contributed by atoms with Gasteiger partial charge in [0.05, 0.1) is 6.42 Å². The van der Waals surface area contributed by atoms with Gasteiger partial charge >= 0.3 is 12.1 Å². The van der Waals surface area contributed by atoms with E-state index in [4.69, 9.17) is 4.74 Å². The molecule has 0 spiro atoms. The Morgan fingerprint density at radius 1 is 0.935 bits per heavy atom. The van der Waals surface area contributed by atoms with E-state index in [0.29, 0.717) is 29.7 Å². The molecular weight excluding hydrogens is 397 g/mol. The lowest BCUT2D eigenvalue weighted by Crippen LogP contribution is -2.37. The second-order valence-corrected chi connectivity index (χ2v) is 7.49. The molecule has 0 aromatic heterocycles. The Balaban J connectivity index is 1.61. The minimum Gasteiger partial charge on any atom is -0.481 e. The van der Waals surface area contributed by atoms with Crippen molar-refractivity contribution < 1.29 is 23.8 Å². The minimum atomic E-state index is -0.936. The van der Waals surface area contributed by atoms with E-state index >= 15 is 0 Å². The van der Waals surface area contributed by atoms with Crippen LogP contribution in [0.5, 0.6) is 0 Å². The lowest BCUT2D eigenvalue weighted by Gasteiger charge is -2.30. The first-order valence-corrected chi connectivity index (χ1v) is 10.1. The third kappa shape index (κ3) is 4.58. The normalized spacial score (nSPS) is 12.9. The van der Waals surface area contributed by atoms with Crippen LogP contribution < -0.4 is 0 Å². The number of amides is 1. The van der Waals surface area contributed by atoms with Crippen molar-refractivity contribution >= 4 is 12.1 Å². The van der Waals surface area contributed by atoms with E-state index in [2.05, 4.69) is 0 Å². The Hall–Kier alpha value is -3.67. The Kier molecular flexibility index (Phi) is 5.98. The molecule has 0 saturated heterocycles. The topological polar surface area (TPSA) is 66.8 Å². The highest BCUT2D eigenvalue weighted by Crippen LogP contribution is 2.34. The number of hydrogen-bond donors (Lipinski definition) is 1. The molecule has 3 aromatic carbocycles. The van der Waals surface area contributed by atoms with Gasteiger partial charge in [0.1, 0.15) is 12.4 Å². The molecule has 0 atom stereocenters. The molecule has 158 valence electrons. The second-order valence-electron chi connectivity index (χ2n) is 7.49. The van der Waals surface area contributed by atoms with E-state index in [1.165, 1.54) is 6.07 Å². The van der Waals surface area contributed by atoms with Gasteiger partial charge in [-0.1, -0.05) is 60.7 Å². The molecular formula is C25H22FNO4. The summed E-state index contributed by atoms with van der Waals surface area (Å²) < 4.78 is 20.0. The number of benzene rings is 3.